The van der Waals surface area contributed by atoms with Crippen LogP contribution in [-0.4, -0.2) is 16.8 Å². The predicted octanol–water partition coefficient (Wildman–Crippen LogP) is 5.59. The molecule has 0 spiro atoms. The summed E-state index contributed by atoms with van der Waals surface area (Å²) in [6.07, 6.45) is -1.18. The van der Waals surface area contributed by atoms with Crippen LogP contribution in [0.15, 0.2) is 81.7 Å². The molecular formula is C22H16Br2N2O5. The molecule has 3 rings (SSSR count). The van der Waals surface area contributed by atoms with Crippen LogP contribution in [0.3, 0.4) is 0 Å². The molecule has 158 valence electrons. The van der Waals surface area contributed by atoms with Gasteiger partial charge in [0.1, 0.15) is 0 Å². The van der Waals surface area contributed by atoms with Crippen molar-refractivity contribution < 1.29 is 19.2 Å². The summed E-state index contributed by atoms with van der Waals surface area (Å²) in [4.78, 5) is 35.9. The number of nitrogens with zero attached hydrogens (tertiary/aromatic N) is 1. The predicted molar refractivity (Wildman–Crippen MR) is 123 cm³/mol. The lowest BCUT2D eigenvalue weighted by atomic mass is 10.1. The van der Waals surface area contributed by atoms with Crippen molar-refractivity contribution in [2.75, 3.05) is 5.32 Å². The SMILES string of the molecule is O=C(Cc1ccc(Br)cc1)OC(C(=O)Nc1ccc([N+](=O)[O-])cc1Br)c1ccccc1. The first-order chi connectivity index (χ1) is 14.8. The first-order valence-electron chi connectivity index (χ1n) is 9.07. The lowest BCUT2D eigenvalue weighted by Gasteiger charge is -2.18. The molecule has 0 aromatic heterocycles. The Bertz CT molecular complexity index is 1100. The number of halogens is 2. The molecular weight excluding hydrogens is 532 g/mol. The van der Waals surface area contributed by atoms with Crippen molar-refractivity contribution in [1.82, 2.24) is 0 Å². The molecule has 0 saturated carbocycles. The highest BCUT2D eigenvalue weighted by Gasteiger charge is 2.26. The number of amides is 1. The van der Waals surface area contributed by atoms with Crippen LogP contribution in [0.1, 0.15) is 17.2 Å². The third-order valence-electron chi connectivity index (χ3n) is 4.27. The van der Waals surface area contributed by atoms with Gasteiger partial charge in [-0.25, -0.2) is 0 Å². The zero-order valence-corrected chi connectivity index (χ0v) is 19.1. The Morgan fingerprint density at radius 3 is 2.29 bits per heavy atom. The van der Waals surface area contributed by atoms with E-state index in [1.54, 1.807) is 42.5 Å². The number of carbonyl (C=O) groups is 2. The molecule has 0 saturated heterocycles. The third-order valence-corrected chi connectivity index (χ3v) is 5.46. The number of nitrogens with one attached hydrogen (secondary N) is 1. The Morgan fingerprint density at radius 1 is 1.00 bits per heavy atom. The van der Waals surface area contributed by atoms with E-state index in [1.165, 1.54) is 18.2 Å². The highest BCUT2D eigenvalue weighted by atomic mass is 79.9. The molecule has 1 unspecified atom stereocenters. The Balaban J connectivity index is 1.78. The van der Waals surface area contributed by atoms with Gasteiger partial charge in [-0.1, -0.05) is 58.4 Å². The Hall–Kier alpha value is -3.04. The van der Waals surface area contributed by atoms with E-state index in [0.717, 1.165) is 10.0 Å². The van der Waals surface area contributed by atoms with Crippen molar-refractivity contribution in [2.45, 2.75) is 12.5 Å². The van der Waals surface area contributed by atoms with E-state index in [4.69, 9.17) is 4.74 Å². The van der Waals surface area contributed by atoms with Gasteiger partial charge in [-0.05, 0) is 39.7 Å². The van der Waals surface area contributed by atoms with Crippen LogP contribution < -0.4 is 5.32 Å². The molecule has 1 atom stereocenters. The van der Waals surface area contributed by atoms with Gasteiger partial charge in [-0.15, -0.1) is 0 Å². The molecule has 0 heterocycles. The number of hydrogen-bond acceptors (Lipinski definition) is 5. The number of benzene rings is 3. The lowest BCUT2D eigenvalue weighted by molar-refractivity contribution is -0.384. The van der Waals surface area contributed by atoms with Crippen LogP contribution in [-0.2, 0) is 20.7 Å². The maximum absolute atomic E-state index is 13.0. The van der Waals surface area contributed by atoms with Crippen molar-refractivity contribution in [2.24, 2.45) is 0 Å². The summed E-state index contributed by atoms with van der Waals surface area (Å²) >= 11 is 6.56. The van der Waals surface area contributed by atoms with E-state index in [-0.39, 0.29) is 12.1 Å². The number of anilines is 1. The van der Waals surface area contributed by atoms with E-state index < -0.39 is 22.9 Å². The molecule has 0 aliphatic carbocycles. The number of ether oxygens (including phenoxy) is 1. The summed E-state index contributed by atoms with van der Waals surface area (Å²) in [6.45, 7) is 0. The van der Waals surface area contributed by atoms with Gasteiger partial charge in [0.05, 0.1) is 17.0 Å². The topological polar surface area (TPSA) is 98.5 Å². The van der Waals surface area contributed by atoms with Crippen LogP contribution in [0.4, 0.5) is 11.4 Å². The first-order valence-corrected chi connectivity index (χ1v) is 10.7. The van der Waals surface area contributed by atoms with E-state index in [9.17, 15) is 19.7 Å². The Kier molecular flexibility index (Phi) is 7.54. The number of nitro groups is 1. The summed E-state index contributed by atoms with van der Waals surface area (Å²) in [7, 11) is 0. The molecule has 0 radical (unpaired) electrons. The molecule has 0 aliphatic rings. The molecule has 1 amide bonds. The second-order valence-corrected chi connectivity index (χ2v) is 8.26. The quantitative estimate of drug-likeness (QED) is 0.236. The number of esters is 1. The van der Waals surface area contributed by atoms with E-state index >= 15 is 0 Å². The lowest BCUT2D eigenvalue weighted by Crippen LogP contribution is -2.26. The monoisotopic (exact) mass is 546 g/mol. The number of hydrogen-bond donors (Lipinski definition) is 1. The van der Waals surface area contributed by atoms with E-state index in [2.05, 4.69) is 37.2 Å². The number of non-ortho nitro benzene ring substituents is 1. The molecule has 3 aromatic carbocycles. The third kappa shape index (κ3) is 6.22. The van der Waals surface area contributed by atoms with Crippen molar-refractivity contribution >= 4 is 55.1 Å². The van der Waals surface area contributed by atoms with Gasteiger partial charge in [0, 0.05) is 26.6 Å². The normalized spacial score (nSPS) is 11.4. The van der Waals surface area contributed by atoms with Crippen LogP contribution in [0.25, 0.3) is 0 Å². The van der Waals surface area contributed by atoms with Gasteiger partial charge >= 0.3 is 5.97 Å². The highest BCUT2D eigenvalue weighted by Crippen LogP contribution is 2.29. The van der Waals surface area contributed by atoms with Crippen molar-refractivity contribution in [3.05, 3.63) is 103 Å². The van der Waals surface area contributed by atoms with Gasteiger partial charge < -0.3 is 10.1 Å². The second-order valence-electron chi connectivity index (χ2n) is 6.49. The fourth-order valence-electron chi connectivity index (χ4n) is 2.76. The van der Waals surface area contributed by atoms with Crippen molar-refractivity contribution in [3.63, 3.8) is 0 Å². The van der Waals surface area contributed by atoms with Crippen LogP contribution in [0.5, 0.6) is 0 Å². The second kappa shape index (κ2) is 10.3. The summed E-state index contributed by atoms with van der Waals surface area (Å²) in [5.74, 6) is -1.14. The molecule has 7 nitrogen and oxygen atoms in total. The van der Waals surface area contributed by atoms with Gasteiger partial charge in [0.2, 0.25) is 6.10 Å². The summed E-state index contributed by atoms with van der Waals surface area (Å²) in [5.41, 5.74) is 1.45. The Labute approximate surface area is 194 Å². The smallest absolute Gasteiger partial charge is 0.311 e. The minimum absolute atomic E-state index is 0.00508. The molecule has 1 N–H and O–H groups in total. The number of nitro benzene ring substituents is 1. The standard InChI is InChI=1S/C22H16Br2N2O5/c23-16-8-6-14(7-9-16)12-20(27)31-21(15-4-2-1-3-5-15)22(28)25-19-11-10-17(26(29)30)13-18(19)24/h1-11,13,21H,12H2,(H,25,28). The molecule has 31 heavy (non-hydrogen) atoms. The largest absolute Gasteiger partial charge is 0.447 e. The molecule has 0 fully saturated rings. The Morgan fingerprint density at radius 2 is 1.68 bits per heavy atom. The van der Waals surface area contributed by atoms with Gasteiger partial charge in [0.25, 0.3) is 11.6 Å². The fraction of sp³-hybridized carbons (Fsp3) is 0.0909. The minimum Gasteiger partial charge on any atom is -0.447 e. The van der Waals surface area contributed by atoms with Gasteiger partial charge in [0.15, 0.2) is 0 Å². The van der Waals surface area contributed by atoms with E-state index in [1.807, 2.05) is 12.1 Å². The average molecular weight is 548 g/mol. The summed E-state index contributed by atoms with van der Waals surface area (Å²) in [5, 5.41) is 13.6. The molecule has 0 aliphatic heterocycles. The first kappa shape index (κ1) is 22.6. The van der Waals surface area contributed by atoms with Gasteiger partial charge in [-0.3, -0.25) is 19.7 Å². The van der Waals surface area contributed by atoms with Crippen molar-refractivity contribution in [1.29, 1.82) is 0 Å². The van der Waals surface area contributed by atoms with Gasteiger partial charge in [-0.2, -0.15) is 0 Å². The van der Waals surface area contributed by atoms with Crippen LogP contribution >= 0.6 is 31.9 Å². The van der Waals surface area contributed by atoms with Crippen molar-refractivity contribution in [3.8, 4) is 0 Å². The fourth-order valence-corrected chi connectivity index (χ4v) is 3.49. The van der Waals surface area contributed by atoms with Crippen LogP contribution in [0, 0.1) is 10.1 Å². The van der Waals surface area contributed by atoms with Crippen LogP contribution in [0.2, 0.25) is 0 Å². The van der Waals surface area contributed by atoms with E-state index in [0.29, 0.717) is 15.7 Å². The maximum atomic E-state index is 13.0. The zero-order chi connectivity index (χ0) is 22.4. The maximum Gasteiger partial charge on any atom is 0.311 e. The minimum atomic E-state index is -1.19. The highest BCUT2D eigenvalue weighted by molar-refractivity contribution is 9.10. The molecule has 0 bridgehead atoms. The molecule has 3 aromatic rings. The number of rotatable bonds is 7. The average Bonchev–Trinajstić information content (AvgIpc) is 2.75. The summed E-state index contributed by atoms with van der Waals surface area (Å²) < 4.78 is 6.75. The number of carbonyl (C=O) groups excluding carboxylic acids is 2. The zero-order valence-electron chi connectivity index (χ0n) is 16.0. The molecule has 9 heteroatoms. The summed E-state index contributed by atoms with van der Waals surface area (Å²) in [6, 6.07) is 19.8.